The molecule has 0 spiro atoms. The second-order valence-corrected chi connectivity index (χ2v) is 6.70. The average Bonchev–Trinajstić information content (AvgIpc) is 2.92. The first kappa shape index (κ1) is 16.6. The van der Waals surface area contributed by atoms with Crippen molar-refractivity contribution in [3.8, 4) is 5.75 Å². The molecule has 0 aliphatic heterocycles. The Morgan fingerprint density at radius 1 is 1.08 bits per heavy atom. The van der Waals surface area contributed by atoms with Gasteiger partial charge in [0.05, 0.1) is 16.9 Å². The zero-order valence-electron chi connectivity index (χ0n) is 14.1. The minimum absolute atomic E-state index is 0.145. The summed E-state index contributed by atoms with van der Waals surface area (Å²) >= 11 is 0. The van der Waals surface area contributed by atoms with Crippen molar-refractivity contribution >= 4 is 23.1 Å². The number of aromatic carboxylic acids is 1. The summed E-state index contributed by atoms with van der Waals surface area (Å²) in [5.41, 5.74) is 1.75. The van der Waals surface area contributed by atoms with E-state index in [0.717, 1.165) is 5.69 Å². The van der Waals surface area contributed by atoms with Gasteiger partial charge in [0, 0.05) is 11.6 Å². The highest BCUT2D eigenvalue weighted by Gasteiger charge is 2.24. The van der Waals surface area contributed by atoms with Gasteiger partial charge in [0.25, 0.3) is 0 Å². The molecule has 7 nitrogen and oxygen atoms in total. The largest absolute Gasteiger partial charge is 0.508 e. The van der Waals surface area contributed by atoms with Crippen LogP contribution in [0.5, 0.6) is 5.75 Å². The molecule has 0 aliphatic carbocycles. The normalized spacial score (nSPS) is 12.1. The van der Waals surface area contributed by atoms with Crippen LogP contribution < -0.4 is 0 Å². The number of pyridine rings is 1. The van der Waals surface area contributed by atoms with Gasteiger partial charge in [-0.05, 0) is 36.4 Å². The Morgan fingerprint density at radius 3 is 2.36 bits per heavy atom. The number of benzene rings is 1. The van der Waals surface area contributed by atoms with E-state index in [0.29, 0.717) is 17.2 Å². The highest BCUT2D eigenvalue weighted by molar-refractivity contribution is 5.87. The molecule has 0 atom stereocenters. The number of fused-ring (bicyclic) bond motifs is 1. The van der Waals surface area contributed by atoms with E-state index >= 15 is 0 Å². The third-order valence-corrected chi connectivity index (χ3v) is 3.66. The average molecular weight is 338 g/mol. The van der Waals surface area contributed by atoms with Crippen LogP contribution in [0.3, 0.4) is 0 Å². The number of aromatic hydroxyl groups is 1. The molecule has 2 N–H and O–H groups in total. The monoisotopic (exact) mass is 338 g/mol. The number of hydrogen-bond donors (Lipinski definition) is 2. The van der Waals surface area contributed by atoms with Crippen molar-refractivity contribution in [2.24, 2.45) is 10.2 Å². The number of nitrogens with zero attached hydrogens (tertiary/aromatic N) is 4. The van der Waals surface area contributed by atoms with E-state index in [9.17, 15) is 15.0 Å². The molecule has 0 radical (unpaired) electrons. The van der Waals surface area contributed by atoms with Crippen molar-refractivity contribution < 1.29 is 15.0 Å². The van der Waals surface area contributed by atoms with Crippen LogP contribution in [0.15, 0.2) is 52.8 Å². The number of aromatic nitrogens is 2. The summed E-state index contributed by atoms with van der Waals surface area (Å²) in [4.78, 5) is 15.8. The van der Waals surface area contributed by atoms with Crippen molar-refractivity contribution in [2.45, 2.75) is 26.2 Å². The maximum absolute atomic E-state index is 11.3. The van der Waals surface area contributed by atoms with Gasteiger partial charge in [-0.1, -0.05) is 20.8 Å². The van der Waals surface area contributed by atoms with Crippen LogP contribution >= 0.6 is 0 Å². The quantitative estimate of drug-likeness (QED) is 0.689. The molecule has 3 rings (SSSR count). The Balaban J connectivity index is 2.17. The molecule has 1 aromatic carbocycles. The summed E-state index contributed by atoms with van der Waals surface area (Å²) in [6.07, 6.45) is 1.49. The molecule has 0 fully saturated rings. The Labute approximate surface area is 144 Å². The van der Waals surface area contributed by atoms with Gasteiger partial charge in [0.1, 0.15) is 11.4 Å². The fourth-order valence-electron chi connectivity index (χ4n) is 2.38. The Kier molecular flexibility index (Phi) is 4.00. The number of phenolic OH excluding ortho intramolecular Hbond substituents is 1. The van der Waals surface area contributed by atoms with E-state index in [1.54, 1.807) is 22.6 Å². The third kappa shape index (κ3) is 3.35. The molecule has 7 heteroatoms. The van der Waals surface area contributed by atoms with E-state index in [4.69, 9.17) is 0 Å². The van der Waals surface area contributed by atoms with Gasteiger partial charge in [-0.25, -0.2) is 9.78 Å². The van der Waals surface area contributed by atoms with E-state index < -0.39 is 5.97 Å². The number of hydrogen-bond acceptors (Lipinski definition) is 5. The van der Waals surface area contributed by atoms with Crippen molar-refractivity contribution in [3.05, 3.63) is 53.9 Å². The van der Waals surface area contributed by atoms with Gasteiger partial charge in [-0.2, -0.15) is 0 Å². The first-order chi connectivity index (χ1) is 11.8. The number of carboxylic acids is 1. The molecule has 2 aromatic heterocycles. The molecule has 2 heterocycles. The first-order valence-corrected chi connectivity index (χ1v) is 7.72. The van der Waals surface area contributed by atoms with Crippen LogP contribution in [0.4, 0.5) is 11.5 Å². The SMILES string of the molecule is CC(C)(C)c1nc2ccc(C(=O)O)cn2c1N=Nc1ccc(O)cc1. The molecule has 25 heavy (non-hydrogen) atoms. The lowest BCUT2D eigenvalue weighted by Crippen LogP contribution is -2.11. The number of carboxylic acid groups (broad SMARTS) is 1. The molecule has 0 amide bonds. The first-order valence-electron chi connectivity index (χ1n) is 7.72. The molecule has 0 aliphatic rings. The Hall–Kier alpha value is -3.22. The van der Waals surface area contributed by atoms with E-state index in [2.05, 4.69) is 15.2 Å². The topological polar surface area (TPSA) is 99.5 Å². The molecular formula is C18H18N4O3. The van der Waals surface area contributed by atoms with Gasteiger partial charge < -0.3 is 10.2 Å². The maximum Gasteiger partial charge on any atom is 0.337 e. The fraction of sp³-hybridized carbons (Fsp3) is 0.222. The fourth-order valence-corrected chi connectivity index (χ4v) is 2.38. The lowest BCUT2D eigenvalue weighted by molar-refractivity contribution is 0.0696. The Morgan fingerprint density at radius 2 is 1.76 bits per heavy atom. The van der Waals surface area contributed by atoms with Crippen LogP contribution in [0.25, 0.3) is 5.65 Å². The van der Waals surface area contributed by atoms with Crippen molar-refractivity contribution in [2.75, 3.05) is 0 Å². The van der Waals surface area contributed by atoms with Crippen LogP contribution in [0.1, 0.15) is 36.8 Å². The zero-order chi connectivity index (χ0) is 18.2. The molecule has 0 saturated heterocycles. The summed E-state index contributed by atoms with van der Waals surface area (Å²) in [7, 11) is 0. The molecule has 128 valence electrons. The van der Waals surface area contributed by atoms with Crippen LogP contribution in [0.2, 0.25) is 0 Å². The number of imidazole rings is 1. The molecule has 3 aromatic rings. The van der Waals surface area contributed by atoms with Gasteiger partial charge in [-0.3, -0.25) is 4.40 Å². The van der Waals surface area contributed by atoms with Gasteiger partial charge in [-0.15, -0.1) is 10.2 Å². The summed E-state index contributed by atoms with van der Waals surface area (Å²) < 4.78 is 1.63. The molecule has 0 saturated carbocycles. The number of carbonyl (C=O) groups is 1. The highest BCUT2D eigenvalue weighted by atomic mass is 16.4. The third-order valence-electron chi connectivity index (χ3n) is 3.66. The van der Waals surface area contributed by atoms with Crippen molar-refractivity contribution in [1.29, 1.82) is 0 Å². The van der Waals surface area contributed by atoms with Crippen molar-refractivity contribution in [1.82, 2.24) is 9.38 Å². The minimum Gasteiger partial charge on any atom is -0.508 e. The number of azo groups is 1. The Bertz CT molecular complexity index is 966. The number of phenols is 1. The van der Waals surface area contributed by atoms with E-state index in [-0.39, 0.29) is 16.7 Å². The summed E-state index contributed by atoms with van der Waals surface area (Å²) in [5, 5.41) is 27.1. The second kappa shape index (κ2) is 6.01. The lowest BCUT2D eigenvalue weighted by atomic mass is 9.92. The molecule has 0 bridgehead atoms. The lowest BCUT2D eigenvalue weighted by Gasteiger charge is -2.15. The predicted molar refractivity (Wildman–Crippen MR) is 93.1 cm³/mol. The summed E-state index contributed by atoms with van der Waals surface area (Å²) in [6, 6.07) is 9.49. The standard InChI is InChI=1S/C18H18N4O3/c1-18(2,3)15-16(21-20-12-5-7-13(23)8-6-12)22-10-11(17(24)25)4-9-14(22)19-15/h4-10,23H,1-3H3,(H,24,25). The van der Waals surface area contributed by atoms with Gasteiger partial charge >= 0.3 is 5.97 Å². The summed E-state index contributed by atoms with van der Waals surface area (Å²) in [6.45, 7) is 6.02. The molecular weight excluding hydrogens is 320 g/mol. The smallest absolute Gasteiger partial charge is 0.337 e. The minimum atomic E-state index is -1.02. The van der Waals surface area contributed by atoms with Crippen LogP contribution in [0, 0.1) is 0 Å². The highest BCUT2D eigenvalue weighted by Crippen LogP contribution is 2.33. The number of rotatable bonds is 3. The second-order valence-electron chi connectivity index (χ2n) is 6.70. The summed E-state index contributed by atoms with van der Waals surface area (Å²) in [5.74, 6) is -0.386. The predicted octanol–water partition coefficient (Wildman–Crippen LogP) is 4.45. The van der Waals surface area contributed by atoms with Gasteiger partial charge in [0.2, 0.25) is 0 Å². The van der Waals surface area contributed by atoms with Crippen LogP contribution in [-0.4, -0.2) is 25.6 Å². The molecule has 0 unspecified atom stereocenters. The zero-order valence-corrected chi connectivity index (χ0v) is 14.1. The maximum atomic E-state index is 11.3. The van der Waals surface area contributed by atoms with Gasteiger partial charge in [0.15, 0.2) is 5.82 Å². The van der Waals surface area contributed by atoms with Crippen molar-refractivity contribution in [3.63, 3.8) is 0 Å². The van der Waals surface area contributed by atoms with E-state index in [1.807, 2.05) is 20.8 Å². The van der Waals surface area contributed by atoms with Crippen LogP contribution in [-0.2, 0) is 5.41 Å². The van der Waals surface area contributed by atoms with E-state index in [1.165, 1.54) is 24.4 Å².